The molecule has 21 heavy (non-hydrogen) atoms. The molecule has 0 amide bonds. The normalized spacial score (nSPS) is 22.6. The van der Waals surface area contributed by atoms with Gasteiger partial charge in [0.15, 0.2) is 0 Å². The van der Waals surface area contributed by atoms with E-state index in [9.17, 15) is 9.59 Å². The summed E-state index contributed by atoms with van der Waals surface area (Å²) < 4.78 is 4.83. The van der Waals surface area contributed by atoms with E-state index < -0.39 is 24.0 Å². The van der Waals surface area contributed by atoms with Crippen LogP contribution in [0.3, 0.4) is 0 Å². The lowest BCUT2D eigenvalue weighted by Gasteiger charge is -2.27. The largest absolute Gasteiger partial charge is 0.391 e. The molecule has 0 aliphatic heterocycles. The predicted octanol–water partition coefficient (Wildman–Crippen LogP) is 1.87. The van der Waals surface area contributed by atoms with Crippen LogP contribution in [0.2, 0.25) is 0 Å². The maximum Gasteiger partial charge on any atom is 0.330 e. The van der Waals surface area contributed by atoms with E-state index in [1.54, 1.807) is 0 Å². The summed E-state index contributed by atoms with van der Waals surface area (Å²) in [6.07, 6.45) is 10.6. The van der Waals surface area contributed by atoms with Crippen molar-refractivity contribution in [3.8, 4) is 0 Å². The van der Waals surface area contributed by atoms with Gasteiger partial charge in [0.1, 0.15) is 12.1 Å². The Morgan fingerprint density at radius 3 is 2.05 bits per heavy atom. The SMILES string of the molecule is NC(CCC1CCCC1)C(=O)OC(=O)C(N)CC1CCC1. The van der Waals surface area contributed by atoms with Gasteiger partial charge in [-0.25, -0.2) is 9.59 Å². The molecule has 0 aromatic heterocycles. The number of carbonyl (C=O) groups is 2. The molecule has 120 valence electrons. The molecule has 0 aromatic carbocycles. The number of esters is 2. The summed E-state index contributed by atoms with van der Waals surface area (Å²) in [6.45, 7) is 0. The maximum atomic E-state index is 11.8. The molecular weight excluding hydrogens is 268 g/mol. The lowest BCUT2D eigenvalue weighted by molar-refractivity contribution is -0.162. The van der Waals surface area contributed by atoms with Crippen molar-refractivity contribution in [2.75, 3.05) is 0 Å². The average molecular weight is 296 g/mol. The fourth-order valence-electron chi connectivity index (χ4n) is 3.27. The van der Waals surface area contributed by atoms with Crippen LogP contribution in [0.4, 0.5) is 0 Å². The predicted molar refractivity (Wildman–Crippen MR) is 80.2 cm³/mol. The molecule has 0 radical (unpaired) electrons. The molecule has 0 spiro atoms. The zero-order valence-electron chi connectivity index (χ0n) is 12.8. The first-order chi connectivity index (χ1) is 10.1. The molecule has 2 atom stereocenters. The van der Waals surface area contributed by atoms with Gasteiger partial charge in [0.25, 0.3) is 0 Å². The van der Waals surface area contributed by atoms with Crippen molar-refractivity contribution < 1.29 is 14.3 Å². The molecule has 5 nitrogen and oxygen atoms in total. The Morgan fingerprint density at radius 1 is 0.905 bits per heavy atom. The van der Waals surface area contributed by atoms with Crippen molar-refractivity contribution in [1.29, 1.82) is 0 Å². The monoisotopic (exact) mass is 296 g/mol. The molecular formula is C16H28N2O3. The van der Waals surface area contributed by atoms with Crippen molar-refractivity contribution in [3.05, 3.63) is 0 Å². The fraction of sp³-hybridized carbons (Fsp3) is 0.875. The Labute approximate surface area is 126 Å². The van der Waals surface area contributed by atoms with Gasteiger partial charge in [0, 0.05) is 0 Å². The van der Waals surface area contributed by atoms with E-state index in [1.807, 2.05) is 0 Å². The number of hydrogen-bond acceptors (Lipinski definition) is 5. The molecule has 2 aliphatic carbocycles. The van der Waals surface area contributed by atoms with E-state index in [4.69, 9.17) is 16.2 Å². The summed E-state index contributed by atoms with van der Waals surface area (Å²) in [5.41, 5.74) is 11.6. The molecule has 0 heterocycles. The lowest BCUT2D eigenvalue weighted by Crippen LogP contribution is -2.41. The highest BCUT2D eigenvalue weighted by molar-refractivity contribution is 5.90. The Balaban J connectivity index is 1.65. The van der Waals surface area contributed by atoms with Crippen molar-refractivity contribution >= 4 is 11.9 Å². The molecule has 2 aliphatic rings. The quantitative estimate of drug-likeness (QED) is 0.552. The number of ether oxygens (including phenoxy) is 1. The van der Waals surface area contributed by atoms with Gasteiger partial charge in [-0.3, -0.25) is 0 Å². The minimum absolute atomic E-state index is 0.513. The van der Waals surface area contributed by atoms with E-state index in [0.717, 1.165) is 19.3 Å². The molecule has 4 N–H and O–H groups in total. The van der Waals surface area contributed by atoms with Gasteiger partial charge >= 0.3 is 11.9 Å². The van der Waals surface area contributed by atoms with E-state index in [0.29, 0.717) is 24.7 Å². The van der Waals surface area contributed by atoms with E-state index in [1.165, 1.54) is 32.1 Å². The zero-order chi connectivity index (χ0) is 15.2. The summed E-state index contributed by atoms with van der Waals surface area (Å²) in [7, 11) is 0. The minimum Gasteiger partial charge on any atom is -0.391 e. The highest BCUT2D eigenvalue weighted by atomic mass is 16.6. The second-order valence-electron chi connectivity index (χ2n) is 6.71. The highest BCUT2D eigenvalue weighted by Crippen LogP contribution is 2.30. The van der Waals surface area contributed by atoms with Crippen LogP contribution >= 0.6 is 0 Å². The summed E-state index contributed by atoms with van der Waals surface area (Å²) in [5.74, 6) is -0.0515. The third-order valence-electron chi connectivity index (χ3n) is 4.98. The van der Waals surface area contributed by atoms with Gasteiger partial charge < -0.3 is 16.2 Å². The van der Waals surface area contributed by atoms with Crippen LogP contribution in [0.5, 0.6) is 0 Å². The Morgan fingerprint density at radius 2 is 1.48 bits per heavy atom. The van der Waals surface area contributed by atoms with Gasteiger partial charge in [-0.1, -0.05) is 44.9 Å². The summed E-state index contributed by atoms with van der Waals surface area (Å²) in [4.78, 5) is 23.6. The third-order valence-corrected chi connectivity index (χ3v) is 4.98. The molecule has 0 saturated heterocycles. The van der Waals surface area contributed by atoms with Gasteiger partial charge in [-0.15, -0.1) is 0 Å². The zero-order valence-corrected chi connectivity index (χ0v) is 12.8. The van der Waals surface area contributed by atoms with Gasteiger partial charge in [0.2, 0.25) is 0 Å². The first-order valence-electron chi connectivity index (χ1n) is 8.33. The second-order valence-corrected chi connectivity index (χ2v) is 6.71. The molecule has 0 bridgehead atoms. The second kappa shape index (κ2) is 7.90. The van der Waals surface area contributed by atoms with Gasteiger partial charge in [0.05, 0.1) is 0 Å². The van der Waals surface area contributed by atoms with Crippen LogP contribution in [0, 0.1) is 11.8 Å². The van der Waals surface area contributed by atoms with Crippen molar-refractivity contribution in [2.24, 2.45) is 23.3 Å². The molecule has 5 heteroatoms. The number of rotatable bonds is 7. The molecule has 2 fully saturated rings. The summed E-state index contributed by atoms with van der Waals surface area (Å²) in [6, 6.07) is -1.40. The minimum atomic E-state index is -0.703. The van der Waals surface area contributed by atoms with Crippen molar-refractivity contribution in [2.45, 2.75) is 76.3 Å². The Hall–Kier alpha value is -0.940. The molecule has 2 rings (SSSR count). The van der Waals surface area contributed by atoms with Crippen molar-refractivity contribution in [1.82, 2.24) is 0 Å². The molecule has 2 unspecified atom stereocenters. The molecule has 0 aromatic rings. The summed E-state index contributed by atoms with van der Waals surface area (Å²) in [5, 5.41) is 0. The van der Waals surface area contributed by atoms with Crippen LogP contribution in [-0.2, 0) is 14.3 Å². The standard InChI is InChI=1S/C16H28N2O3/c17-13(9-8-11-4-1-2-5-11)15(19)21-16(20)14(18)10-12-6-3-7-12/h11-14H,1-10,17-18H2. The summed E-state index contributed by atoms with van der Waals surface area (Å²) >= 11 is 0. The third kappa shape index (κ3) is 5.08. The smallest absolute Gasteiger partial charge is 0.330 e. The van der Waals surface area contributed by atoms with Crippen LogP contribution in [-0.4, -0.2) is 24.0 Å². The van der Waals surface area contributed by atoms with E-state index in [2.05, 4.69) is 0 Å². The van der Waals surface area contributed by atoms with E-state index >= 15 is 0 Å². The first-order valence-corrected chi connectivity index (χ1v) is 8.33. The highest BCUT2D eigenvalue weighted by Gasteiger charge is 2.28. The van der Waals surface area contributed by atoms with E-state index in [-0.39, 0.29) is 0 Å². The average Bonchev–Trinajstić information content (AvgIpc) is 2.92. The van der Waals surface area contributed by atoms with Crippen molar-refractivity contribution in [3.63, 3.8) is 0 Å². The van der Waals surface area contributed by atoms with Gasteiger partial charge in [-0.2, -0.15) is 0 Å². The Bertz CT molecular complexity index is 363. The molecule has 2 saturated carbocycles. The van der Waals surface area contributed by atoms with Crippen LogP contribution < -0.4 is 11.5 Å². The van der Waals surface area contributed by atoms with Crippen LogP contribution in [0.1, 0.15) is 64.2 Å². The lowest BCUT2D eigenvalue weighted by atomic mass is 9.81. The topological polar surface area (TPSA) is 95.4 Å². The fourth-order valence-corrected chi connectivity index (χ4v) is 3.27. The number of hydrogen-bond donors (Lipinski definition) is 2. The maximum absolute atomic E-state index is 11.8. The Kier molecular flexibility index (Phi) is 6.18. The first kappa shape index (κ1) is 16.4. The van der Waals surface area contributed by atoms with Crippen LogP contribution in [0.15, 0.2) is 0 Å². The van der Waals surface area contributed by atoms with Gasteiger partial charge in [-0.05, 0) is 31.1 Å². The number of nitrogens with two attached hydrogens (primary N) is 2. The van der Waals surface area contributed by atoms with Crippen LogP contribution in [0.25, 0.3) is 0 Å². The number of carbonyl (C=O) groups excluding carboxylic acids is 2.